The fraction of sp³-hybridized carbons (Fsp3) is 0.222. The molecule has 0 aromatic heterocycles. The number of benzene rings is 1. The number of nitriles is 1. The van der Waals surface area contributed by atoms with Crippen molar-refractivity contribution in [3.05, 3.63) is 29.8 Å². The van der Waals surface area contributed by atoms with E-state index in [2.05, 4.69) is 0 Å². The summed E-state index contributed by atoms with van der Waals surface area (Å²) in [6.45, 7) is 0. The SMILES string of the molecule is N#CCS(=O)(=O)Nc1ccccc1C(F)(F)F. The van der Waals surface area contributed by atoms with E-state index in [1.54, 1.807) is 4.72 Å². The van der Waals surface area contributed by atoms with Crippen molar-refractivity contribution in [3.8, 4) is 6.07 Å². The first-order valence-electron chi connectivity index (χ1n) is 4.30. The van der Waals surface area contributed by atoms with Gasteiger partial charge in [0.05, 0.1) is 17.3 Å². The molecule has 17 heavy (non-hydrogen) atoms. The molecule has 0 saturated heterocycles. The van der Waals surface area contributed by atoms with E-state index in [9.17, 15) is 21.6 Å². The summed E-state index contributed by atoms with van der Waals surface area (Å²) in [6.07, 6.45) is -4.66. The smallest absolute Gasteiger partial charge is 0.282 e. The second kappa shape index (κ2) is 4.63. The number of nitrogens with zero attached hydrogens (tertiary/aromatic N) is 1. The summed E-state index contributed by atoms with van der Waals surface area (Å²) in [7, 11) is -4.08. The van der Waals surface area contributed by atoms with Crippen molar-refractivity contribution in [2.45, 2.75) is 6.18 Å². The van der Waals surface area contributed by atoms with Crippen LogP contribution >= 0.6 is 0 Å². The van der Waals surface area contributed by atoms with Gasteiger partial charge in [-0.1, -0.05) is 12.1 Å². The fourth-order valence-corrected chi connectivity index (χ4v) is 1.86. The number of halogens is 3. The highest BCUT2D eigenvalue weighted by Crippen LogP contribution is 2.34. The third-order valence-corrected chi connectivity index (χ3v) is 2.79. The Morgan fingerprint density at radius 3 is 2.41 bits per heavy atom. The maximum atomic E-state index is 12.5. The van der Waals surface area contributed by atoms with Crippen LogP contribution in [0.15, 0.2) is 24.3 Å². The van der Waals surface area contributed by atoms with Crippen LogP contribution in [0, 0.1) is 11.3 Å². The third kappa shape index (κ3) is 3.64. The predicted octanol–water partition coefficient (Wildman–Crippen LogP) is 1.97. The zero-order valence-electron chi connectivity index (χ0n) is 8.32. The Morgan fingerprint density at radius 2 is 1.88 bits per heavy atom. The topological polar surface area (TPSA) is 70.0 Å². The second-order valence-electron chi connectivity index (χ2n) is 3.06. The van der Waals surface area contributed by atoms with Gasteiger partial charge in [-0.05, 0) is 12.1 Å². The largest absolute Gasteiger partial charge is 0.418 e. The minimum Gasteiger partial charge on any atom is -0.282 e. The van der Waals surface area contributed by atoms with Crippen LogP contribution in [0.2, 0.25) is 0 Å². The molecule has 0 spiro atoms. The van der Waals surface area contributed by atoms with E-state index in [4.69, 9.17) is 5.26 Å². The first-order chi connectivity index (χ1) is 7.76. The van der Waals surface area contributed by atoms with Crippen molar-refractivity contribution in [2.24, 2.45) is 0 Å². The van der Waals surface area contributed by atoms with Crippen molar-refractivity contribution in [3.63, 3.8) is 0 Å². The van der Waals surface area contributed by atoms with Gasteiger partial charge in [0.1, 0.15) is 0 Å². The Hall–Kier alpha value is -1.75. The van der Waals surface area contributed by atoms with Crippen LogP contribution < -0.4 is 4.72 Å². The van der Waals surface area contributed by atoms with E-state index in [0.29, 0.717) is 0 Å². The van der Waals surface area contributed by atoms with Gasteiger partial charge in [0.15, 0.2) is 5.75 Å². The predicted molar refractivity (Wildman–Crippen MR) is 54.5 cm³/mol. The van der Waals surface area contributed by atoms with E-state index in [1.807, 2.05) is 0 Å². The van der Waals surface area contributed by atoms with Crippen molar-refractivity contribution >= 4 is 15.7 Å². The molecule has 92 valence electrons. The number of nitrogens with one attached hydrogen (secondary N) is 1. The van der Waals surface area contributed by atoms with Crippen LogP contribution in [0.1, 0.15) is 5.56 Å². The lowest BCUT2D eigenvalue weighted by atomic mass is 10.2. The van der Waals surface area contributed by atoms with Crippen LogP contribution in [0.5, 0.6) is 0 Å². The molecule has 0 radical (unpaired) electrons. The van der Waals surface area contributed by atoms with Crippen LogP contribution in [0.4, 0.5) is 18.9 Å². The monoisotopic (exact) mass is 264 g/mol. The molecule has 0 amide bonds. The molecule has 1 rings (SSSR count). The summed E-state index contributed by atoms with van der Waals surface area (Å²) in [5.41, 5.74) is -1.68. The summed E-state index contributed by atoms with van der Waals surface area (Å²) >= 11 is 0. The quantitative estimate of drug-likeness (QED) is 0.907. The molecule has 0 saturated carbocycles. The molecule has 0 aliphatic heterocycles. The van der Waals surface area contributed by atoms with E-state index in [1.165, 1.54) is 12.1 Å². The summed E-state index contributed by atoms with van der Waals surface area (Å²) in [5, 5.41) is 8.22. The molecule has 8 heteroatoms. The van der Waals surface area contributed by atoms with Gasteiger partial charge in [0, 0.05) is 0 Å². The Balaban J connectivity index is 3.13. The molecule has 0 atom stereocenters. The molecule has 1 aromatic carbocycles. The summed E-state index contributed by atoms with van der Waals surface area (Å²) < 4.78 is 61.6. The lowest BCUT2D eigenvalue weighted by molar-refractivity contribution is -0.136. The normalized spacial score (nSPS) is 11.9. The number of anilines is 1. The Bertz CT molecular complexity index is 546. The molecular weight excluding hydrogens is 257 g/mol. The number of hydrogen-bond acceptors (Lipinski definition) is 3. The van der Waals surface area contributed by atoms with E-state index < -0.39 is 33.2 Å². The number of para-hydroxylation sites is 1. The van der Waals surface area contributed by atoms with Gasteiger partial charge in [-0.25, -0.2) is 8.42 Å². The number of hydrogen-bond donors (Lipinski definition) is 1. The van der Waals surface area contributed by atoms with Crippen molar-refractivity contribution in [1.82, 2.24) is 0 Å². The Labute approximate surface area is 95.7 Å². The molecule has 1 N–H and O–H groups in total. The highest BCUT2D eigenvalue weighted by atomic mass is 32.2. The summed E-state index contributed by atoms with van der Waals surface area (Å²) in [6, 6.07) is 5.50. The summed E-state index contributed by atoms with van der Waals surface area (Å²) in [4.78, 5) is 0. The maximum Gasteiger partial charge on any atom is 0.418 e. The number of rotatable bonds is 3. The molecule has 1 aromatic rings. The van der Waals surface area contributed by atoms with E-state index in [0.717, 1.165) is 18.2 Å². The zero-order chi connectivity index (χ0) is 13.1. The van der Waals surface area contributed by atoms with Crippen LogP contribution in [-0.2, 0) is 16.2 Å². The van der Waals surface area contributed by atoms with Gasteiger partial charge in [-0.2, -0.15) is 18.4 Å². The molecule has 0 bridgehead atoms. The standard InChI is InChI=1S/C9H7F3N2O2S/c10-9(11,12)7-3-1-2-4-8(7)14-17(15,16)6-5-13/h1-4,14H,6H2. The van der Waals surface area contributed by atoms with E-state index in [-0.39, 0.29) is 0 Å². The summed E-state index contributed by atoms with van der Waals surface area (Å²) in [5.74, 6) is -0.904. The van der Waals surface area contributed by atoms with Gasteiger partial charge >= 0.3 is 6.18 Å². The van der Waals surface area contributed by atoms with Crippen molar-refractivity contribution in [2.75, 3.05) is 10.5 Å². The van der Waals surface area contributed by atoms with Crippen molar-refractivity contribution in [1.29, 1.82) is 5.26 Å². The van der Waals surface area contributed by atoms with Crippen LogP contribution in [0.25, 0.3) is 0 Å². The average molecular weight is 264 g/mol. The molecule has 0 unspecified atom stereocenters. The highest BCUT2D eigenvalue weighted by Gasteiger charge is 2.34. The van der Waals surface area contributed by atoms with E-state index >= 15 is 0 Å². The van der Waals surface area contributed by atoms with Crippen LogP contribution in [0.3, 0.4) is 0 Å². The Morgan fingerprint density at radius 1 is 1.29 bits per heavy atom. The zero-order valence-corrected chi connectivity index (χ0v) is 9.14. The third-order valence-electron chi connectivity index (χ3n) is 1.75. The molecular formula is C9H7F3N2O2S. The first kappa shape index (κ1) is 13.3. The van der Waals surface area contributed by atoms with Gasteiger partial charge in [0.25, 0.3) is 0 Å². The van der Waals surface area contributed by atoms with Gasteiger partial charge < -0.3 is 0 Å². The molecule has 0 heterocycles. The maximum absolute atomic E-state index is 12.5. The molecule has 0 fully saturated rings. The van der Waals surface area contributed by atoms with Gasteiger partial charge in [-0.3, -0.25) is 4.72 Å². The average Bonchev–Trinajstić information content (AvgIpc) is 2.15. The van der Waals surface area contributed by atoms with Crippen molar-refractivity contribution < 1.29 is 21.6 Å². The van der Waals surface area contributed by atoms with Gasteiger partial charge in [-0.15, -0.1) is 0 Å². The Kier molecular flexibility index (Phi) is 3.63. The minimum absolute atomic E-state index is 0.588. The van der Waals surface area contributed by atoms with Crippen LogP contribution in [-0.4, -0.2) is 14.2 Å². The van der Waals surface area contributed by atoms with Gasteiger partial charge in [0.2, 0.25) is 10.0 Å². The molecule has 4 nitrogen and oxygen atoms in total. The second-order valence-corrected chi connectivity index (χ2v) is 4.78. The lowest BCUT2D eigenvalue weighted by Gasteiger charge is -2.13. The highest BCUT2D eigenvalue weighted by molar-refractivity contribution is 7.92. The lowest BCUT2D eigenvalue weighted by Crippen LogP contribution is -2.18. The number of alkyl halides is 3. The molecule has 0 aliphatic carbocycles. The fourth-order valence-electron chi connectivity index (χ4n) is 1.11. The minimum atomic E-state index is -4.66. The molecule has 0 aliphatic rings. The number of sulfonamides is 1. The first-order valence-corrected chi connectivity index (χ1v) is 5.95.